The molecule has 1 nitrogen and oxygen atoms in total. The van der Waals surface area contributed by atoms with E-state index in [1.807, 2.05) is 11.3 Å². The van der Waals surface area contributed by atoms with Crippen LogP contribution in [0, 0.1) is 5.92 Å². The van der Waals surface area contributed by atoms with Crippen molar-refractivity contribution in [1.29, 1.82) is 0 Å². The minimum Gasteiger partial charge on any atom is -0.311 e. The zero-order valence-electron chi connectivity index (χ0n) is 9.70. The van der Waals surface area contributed by atoms with Gasteiger partial charge in [-0.25, -0.2) is 0 Å². The van der Waals surface area contributed by atoms with Gasteiger partial charge in [0.1, 0.15) is 0 Å². The Hall–Kier alpha value is -0.340. The average Bonchev–Trinajstić information content (AvgIpc) is 2.73. The molecule has 0 aromatic carbocycles. The van der Waals surface area contributed by atoms with Gasteiger partial charge in [0.15, 0.2) is 0 Å². The third-order valence-electron chi connectivity index (χ3n) is 3.17. The van der Waals surface area contributed by atoms with Crippen LogP contribution < -0.4 is 5.32 Å². The molecule has 0 saturated heterocycles. The van der Waals surface area contributed by atoms with Gasteiger partial charge in [-0.2, -0.15) is 0 Å². The maximum atomic E-state index is 3.73. The second-order valence-electron chi connectivity index (χ2n) is 4.74. The standard InChI is InChI=1S/C13H21NS/c1-3-5-11-9-13(11)14-10(2)8-12-6-4-7-15-12/h4,6-7,10-11,13-14H,3,5,8-9H2,1-2H3. The van der Waals surface area contributed by atoms with E-state index >= 15 is 0 Å². The highest BCUT2D eigenvalue weighted by molar-refractivity contribution is 7.09. The Balaban J connectivity index is 1.68. The van der Waals surface area contributed by atoms with E-state index in [-0.39, 0.29) is 0 Å². The zero-order chi connectivity index (χ0) is 10.7. The molecule has 1 fully saturated rings. The van der Waals surface area contributed by atoms with E-state index in [1.165, 1.54) is 30.6 Å². The fourth-order valence-electron chi connectivity index (χ4n) is 2.30. The molecule has 3 unspecified atom stereocenters. The fraction of sp³-hybridized carbons (Fsp3) is 0.692. The third kappa shape index (κ3) is 3.32. The lowest BCUT2D eigenvalue weighted by Gasteiger charge is -2.12. The van der Waals surface area contributed by atoms with Gasteiger partial charge in [0.05, 0.1) is 0 Å². The number of hydrogen-bond donors (Lipinski definition) is 1. The number of rotatable bonds is 6. The molecule has 2 rings (SSSR count). The summed E-state index contributed by atoms with van der Waals surface area (Å²) in [6.07, 6.45) is 5.33. The van der Waals surface area contributed by atoms with Gasteiger partial charge in [0, 0.05) is 17.0 Å². The predicted molar refractivity (Wildman–Crippen MR) is 67.4 cm³/mol. The summed E-state index contributed by atoms with van der Waals surface area (Å²) < 4.78 is 0. The topological polar surface area (TPSA) is 12.0 Å². The summed E-state index contributed by atoms with van der Waals surface area (Å²) in [6, 6.07) is 5.83. The summed E-state index contributed by atoms with van der Waals surface area (Å²) in [5.74, 6) is 0.973. The Morgan fingerprint density at radius 1 is 1.60 bits per heavy atom. The van der Waals surface area contributed by atoms with E-state index in [0.29, 0.717) is 6.04 Å². The van der Waals surface area contributed by atoms with Crippen molar-refractivity contribution in [2.45, 2.75) is 51.6 Å². The van der Waals surface area contributed by atoms with E-state index < -0.39 is 0 Å². The molecule has 1 aliphatic rings. The summed E-state index contributed by atoms with van der Waals surface area (Å²) in [6.45, 7) is 4.59. The van der Waals surface area contributed by atoms with Gasteiger partial charge in [0.25, 0.3) is 0 Å². The van der Waals surface area contributed by atoms with Crippen LogP contribution in [0.5, 0.6) is 0 Å². The summed E-state index contributed by atoms with van der Waals surface area (Å²) >= 11 is 1.87. The first-order valence-corrected chi connectivity index (χ1v) is 6.96. The minimum absolute atomic E-state index is 0.635. The van der Waals surface area contributed by atoms with Gasteiger partial charge in [-0.3, -0.25) is 0 Å². The van der Waals surface area contributed by atoms with E-state index in [4.69, 9.17) is 0 Å². The van der Waals surface area contributed by atoms with Crippen LogP contribution in [0.4, 0.5) is 0 Å². The lowest BCUT2D eigenvalue weighted by atomic mass is 10.2. The molecule has 1 saturated carbocycles. The van der Waals surface area contributed by atoms with Gasteiger partial charge >= 0.3 is 0 Å². The van der Waals surface area contributed by atoms with Crippen molar-refractivity contribution < 1.29 is 0 Å². The number of nitrogens with one attached hydrogen (secondary N) is 1. The Bertz CT molecular complexity index is 281. The summed E-state index contributed by atoms with van der Waals surface area (Å²) in [5.41, 5.74) is 0. The molecule has 0 radical (unpaired) electrons. The smallest absolute Gasteiger partial charge is 0.0102 e. The van der Waals surface area contributed by atoms with Crippen molar-refractivity contribution in [2.24, 2.45) is 5.92 Å². The molecular weight excluding hydrogens is 202 g/mol. The van der Waals surface area contributed by atoms with Crippen LogP contribution in [-0.4, -0.2) is 12.1 Å². The first kappa shape index (κ1) is 11.2. The second kappa shape index (κ2) is 5.13. The van der Waals surface area contributed by atoms with Gasteiger partial charge in [-0.15, -0.1) is 11.3 Å². The molecule has 0 bridgehead atoms. The largest absolute Gasteiger partial charge is 0.311 e. The van der Waals surface area contributed by atoms with Gasteiger partial charge < -0.3 is 5.32 Å². The molecule has 0 spiro atoms. The molecule has 0 amide bonds. The molecule has 15 heavy (non-hydrogen) atoms. The zero-order valence-corrected chi connectivity index (χ0v) is 10.5. The molecule has 3 atom stereocenters. The van der Waals surface area contributed by atoms with Crippen molar-refractivity contribution in [3.05, 3.63) is 22.4 Å². The van der Waals surface area contributed by atoms with Crippen molar-refractivity contribution >= 4 is 11.3 Å². The first-order chi connectivity index (χ1) is 7.29. The Morgan fingerprint density at radius 3 is 3.13 bits per heavy atom. The van der Waals surface area contributed by atoms with Crippen LogP contribution in [0.3, 0.4) is 0 Å². The maximum absolute atomic E-state index is 3.73. The van der Waals surface area contributed by atoms with Crippen molar-refractivity contribution in [3.63, 3.8) is 0 Å². The van der Waals surface area contributed by atoms with Crippen LogP contribution >= 0.6 is 11.3 Å². The number of hydrogen-bond acceptors (Lipinski definition) is 2. The molecule has 1 heterocycles. The quantitative estimate of drug-likeness (QED) is 0.779. The van der Waals surface area contributed by atoms with Crippen LogP contribution in [-0.2, 0) is 6.42 Å². The fourth-order valence-corrected chi connectivity index (χ4v) is 3.13. The average molecular weight is 223 g/mol. The monoisotopic (exact) mass is 223 g/mol. The maximum Gasteiger partial charge on any atom is 0.0102 e. The molecule has 1 aliphatic carbocycles. The Kier molecular flexibility index (Phi) is 3.81. The second-order valence-corrected chi connectivity index (χ2v) is 5.77. The normalized spacial score (nSPS) is 26.5. The predicted octanol–water partition coefficient (Wildman–Crippen LogP) is 3.46. The van der Waals surface area contributed by atoms with Crippen LogP contribution in [0.2, 0.25) is 0 Å². The number of thiophene rings is 1. The lowest BCUT2D eigenvalue weighted by molar-refractivity contribution is 0.513. The van der Waals surface area contributed by atoms with E-state index in [2.05, 4.69) is 36.7 Å². The summed E-state index contributed by atoms with van der Waals surface area (Å²) in [5, 5.41) is 5.90. The minimum atomic E-state index is 0.635. The van der Waals surface area contributed by atoms with Gasteiger partial charge in [0.2, 0.25) is 0 Å². The SMILES string of the molecule is CCCC1CC1NC(C)Cc1cccs1. The van der Waals surface area contributed by atoms with Crippen molar-refractivity contribution in [3.8, 4) is 0 Å². The molecule has 1 aromatic heterocycles. The summed E-state index contributed by atoms with van der Waals surface area (Å²) in [4.78, 5) is 1.50. The van der Waals surface area contributed by atoms with Crippen LogP contribution in [0.15, 0.2) is 17.5 Å². The van der Waals surface area contributed by atoms with Crippen molar-refractivity contribution in [2.75, 3.05) is 0 Å². The molecule has 84 valence electrons. The Labute approximate surface area is 96.9 Å². The molecular formula is C13H21NS. The van der Waals surface area contributed by atoms with E-state index in [1.54, 1.807) is 0 Å². The van der Waals surface area contributed by atoms with Crippen LogP contribution in [0.1, 0.15) is 38.0 Å². The van der Waals surface area contributed by atoms with Crippen molar-refractivity contribution in [1.82, 2.24) is 5.32 Å². The summed E-state index contributed by atoms with van der Waals surface area (Å²) in [7, 11) is 0. The molecule has 0 aliphatic heterocycles. The molecule has 1 N–H and O–H groups in total. The first-order valence-electron chi connectivity index (χ1n) is 6.08. The van der Waals surface area contributed by atoms with Crippen LogP contribution in [0.25, 0.3) is 0 Å². The lowest BCUT2D eigenvalue weighted by Crippen LogP contribution is -2.30. The molecule has 1 aromatic rings. The van der Waals surface area contributed by atoms with E-state index in [9.17, 15) is 0 Å². The highest BCUT2D eigenvalue weighted by Crippen LogP contribution is 2.35. The highest BCUT2D eigenvalue weighted by atomic mass is 32.1. The third-order valence-corrected chi connectivity index (χ3v) is 4.07. The van der Waals surface area contributed by atoms with Gasteiger partial charge in [-0.05, 0) is 43.6 Å². The van der Waals surface area contributed by atoms with Gasteiger partial charge in [-0.1, -0.05) is 19.4 Å². The highest BCUT2D eigenvalue weighted by Gasteiger charge is 2.36. The Morgan fingerprint density at radius 2 is 2.47 bits per heavy atom. The molecule has 2 heteroatoms. The van der Waals surface area contributed by atoms with E-state index in [0.717, 1.165) is 12.0 Å².